The van der Waals surface area contributed by atoms with E-state index in [0.717, 1.165) is 30.5 Å². The molecule has 2 aromatic rings. The van der Waals surface area contributed by atoms with Crippen LogP contribution in [0.5, 0.6) is 0 Å². The molecule has 0 amide bonds. The first-order valence-corrected chi connectivity index (χ1v) is 7.45. The summed E-state index contributed by atoms with van der Waals surface area (Å²) in [4.78, 5) is 6.75. The van der Waals surface area contributed by atoms with E-state index in [1.807, 2.05) is 4.68 Å². The highest BCUT2D eigenvalue weighted by molar-refractivity contribution is 7.71. The molecule has 1 aromatic carbocycles. The third kappa shape index (κ3) is 3.16. The normalized spacial score (nSPS) is 14.9. The third-order valence-electron chi connectivity index (χ3n) is 3.65. The number of hydrogen-bond acceptors (Lipinski definition) is 3. The smallest absolute Gasteiger partial charge is 0.217 e. The van der Waals surface area contributed by atoms with E-state index >= 15 is 0 Å². The van der Waals surface area contributed by atoms with Crippen molar-refractivity contribution in [2.24, 2.45) is 5.92 Å². The van der Waals surface area contributed by atoms with Gasteiger partial charge in [0.1, 0.15) is 0 Å². The Morgan fingerprint density at radius 3 is 2.70 bits per heavy atom. The number of benzene rings is 1. The molecular weight excluding hydrogens is 268 g/mol. The summed E-state index contributed by atoms with van der Waals surface area (Å²) >= 11 is 5.34. The molecule has 0 spiro atoms. The van der Waals surface area contributed by atoms with Gasteiger partial charge in [-0.15, -0.1) is 0 Å². The van der Waals surface area contributed by atoms with Crippen molar-refractivity contribution in [2.75, 3.05) is 13.6 Å². The maximum absolute atomic E-state index is 5.34. The summed E-state index contributed by atoms with van der Waals surface area (Å²) in [7, 11) is 2.13. The predicted molar refractivity (Wildman–Crippen MR) is 82.9 cm³/mol. The molecule has 1 aromatic heterocycles. The van der Waals surface area contributed by atoms with E-state index in [1.165, 1.54) is 18.4 Å². The number of aryl methyl sites for hydroxylation is 1. The maximum Gasteiger partial charge on any atom is 0.217 e. The number of nitrogens with one attached hydrogen (secondary N) is 1. The number of nitrogens with zero attached hydrogens (tertiary/aromatic N) is 3. The number of rotatable bonds is 5. The van der Waals surface area contributed by atoms with Crippen LogP contribution in [0.3, 0.4) is 0 Å². The molecule has 1 aliphatic rings. The molecule has 3 rings (SSSR count). The van der Waals surface area contributed by atoms with Crippen LogP contribution < -0.4 is 0 Å². The van der Waals surface area contributed by atoms with Gasteiger partial charge in [0, 0.05) is 12.1 Å². The number of H-pyrrole nitrogens is 1. The van der Waals surface area contributed by atoms with E-state index in [0.29, 0.717) is 4.77 Å². The van der Waals surface area contributed by atoms with Crippen LogP contribution in [0.4, 0.5) is 0 Å². The van der Waals surface area contributed by atoms with Crippen molar-refractivity contribution >= 4 is 12.2 Å². The molecular formula is C15H20N4S. The van der Waals surface area contributed by atoms with Gasteiger partial charge < -0.3 is 0 Å². The molecule has 4 nitrogen and oxygen atoms in total. The molecule has 20 heavy (non-hydrogen) atoms. The van der Waals surface area contributed by atoms with Crippen molar-refractivity contribution in [1.29, 1.82) is 0 Å². The number of aromatic amines is 1. The van der Waals surface area contributed by atoms with Gasteiger partial charge in [0.15, 0.2) is 5.82 Å². The first-order valence-electron chi connectivity index (χ1n) is 7.04. The standard InChI is InChI=1S/C15H20N4S/c1-11-3-7-13(8-4-11)14-16-15(20)19(17-14)10-18(2)9-12-5-6-12/h3-4,7-8,12H,5-6,9-10H2,1-2H3,(H,16,17,20). The van der Waals surface area contributed by atoms with Crippen LogP contribution in [-0.2, 0) is 6.67 Å². The van der Waals surface area contributed by atoms with E-state index in [4.69, 9.17) is 12.2 Å². The van der Waals surface area contributed by atoms with E-state index in [9.17, 15) is 0 Å². The van der Waals surface area contributed by atoms with Gasteiger partial charge in [-0.05, 0) is 44.9 Å². The van der Waals surface area contributed by atoms with E-state index in [1.54, 1.807) is 0 Å². The Hall–Kier alpha value is -1.46. The summed E-state index contributed by atoms with van der Waals surface area (Å²) in [6, 6.07) is 8.32. The molecule has 5 heteroatoms. The van der Waals surface area contributed by atoms with Crippen molar-refractivity contribution in [3.05, 3.63) is 34.6 Å². The van der Waals surface area contributed by atoms with Crippen LogP contribution in [0, 0.1) is 17.6 Å². The van der Waals surface area contributed by atoms with Crippen molar-refractivity contribution in [2.45, 2.75) is 26.4 Å². The largest absolute Gasteiger partial charge is 0.287 e. The zero-order chi connectivity index (χ0) is 14.1. The fourth-order valence-electron chi connectivity index (χ4n) is 2.33. The second kappa shape index (κ2) is 5.50. The van der Waals surface area contributed by atoms with Crippen LogP contribution in [0.1, 0.15) is 18.4 Å². The Bertz CT molecular complexity index is 637. The summed E-state index contributed by atoms with van der Waals surface area (Å²) in [5, 5.41) is 3.30. The Labute approximate surface area is 124 Å². The zero-order valence-electron chi connectivity index (χ0n) is 12.0. The highest BCUT2D eigenvalue weighted by atomic mass is 32.1. The monoisotopic (exact) mass is 288 g/mol. The SMILES string of the molecule is Cc1ccc(-c2nc(=S)n(CN(C)CC3CC3)[nH]2)cc1. The summed E-state index contributed by atoms with van der Waals surface area (Å²) in [5.41, 5.74) is 2.32. The first-order chi connectivity index (χ1) is 9.61. The van der Waals surface area contributed by atoms with Gasteiger partial charge in [0.2, 0.25) is 4.77 Å². The van der Waals surface area contributed by atoms with Gasteiger partial charge in [-0.1, -0.05) is 29.8 Å². The van der Waals surface area contributed by atoms with Gasteiger partial charge >= 0.3 is 0 Å². The molecule has 1 aliphatic carbocycles. The van der Waals surface area contributed by atoms with Gasteiger partial charge in [-0.25, -0.2) is 4.68 Å². The Balaban J connectivity index is 1.76. The number of aromatic nitrogens is 3. The van der Waals surface area contributed by atoms with Crippen molar-refractivity contribution in [3.63, 3.8) is 0 Å². The van der Waals surface area contributed by atoms with Crippen molar-refractivity contribution < 1.29 is 0 Å². The fourth-order valence-corrected chi connectivity index (χ4v) is 2.53. The van der Waals surface area contributed by atoms with Crippen LogP contribution in [0.25, 0.3) is 11.4 Å². The molecule has 0 unspecified atom stereocenters. The molecule has 1 heterocycles. The van der Waals surface area contributed by atoms with Gasteiger partial charge in [0.25, 0.3) is 0 Å². The first kappa shape index (κ1) is 13.5. The molecule has 1 N–H and O–H groups in total. The summed E-state index contributed by atoms with van der Waals surface area (Å²) in [6.45, 7) is 3.99. The minimum absolute atomic E-state index is 0.614. The topological polar surface area (TPSA) is 36.9 Å². The Kier molecular flexibility index (Phi) is 3.72. The van der Waals surface area contributed by atoms with Crippen molar-refractivity contribution in [1.82, 2.24) is 19.7 Å². The summed E-state index contributed by atoms with van der Waals surface area (Å²) in [6.07, 6.45) is 2.74. The van der Waals surface area contributed by atoms with Crippen LogP contribution in [0.15, 0.2) is 24.3 Å². The van der Waals surface area contributed by atoms with Crippen molar-refractivity contribution in [3.8, 4) is 11.4 Å². The Morgan fingerprint density at radius 1 is 1.35 bits per heavy atom. The number of hydrogen-bond donors (Lipinski definition) is 1. The van der Waals surface area contributed by atoms with Gasteiger partial charge in [0.05, 0.1) is 6.67 Å². The van der Waals surface area contributed by atoms with Crippen LogP contribution in [0.2, 0.25) is 0 Å². The second-order valence-corrected chi connectivity index (χ2v) is 6.14. The maximum atomic E-state index is 5.34. The molecule has 0 bridgehead atoms. The lowest BCUT2D eigenvalue weighted by atomic mass is 10.1. The summed E-state index contributed by atoms with van der Waals surface area (Å²) < 4.78 is 2.55. The molecule has 106 valence electrons. The summed E-state index contributed by atoms with van der Waals surface area (Å²) in [5.74, 6) is 1.73. The molecule has 1 saturated carbocycles. The molecule has 0 radical (unpaired) electrons. The average Bonchev–Trinajstić information content (AvgIpc) is 3.14. The Morgan fingerprint density at radius 2 is 2.05 bits per heavy atom. The third-order valence-corrected chi connectivity index (χ3v) is 3.97. The fraction of sp³-hybridized carbons (Fsp3) is 0.467. The zero-order valence-corrected chi connectivity index (χ0v) is 12.8. The average molecular weight is 288 g/mol. The van der Waals surface area contributed by atoms with Gasteiger partial charge in [-0.2, -0.15) is 4.98 Å². The highest BCUT2D eigenvalue weighted by Gasteiger charge is 2.22. The molecule has 1 fully saturated rings. The lowest BCUT2D eigenvalue weighted by Crippen LogP contribution is -2.25. The minimum atomic E-state index is 0.614. The van der Waals surface area contributed by atoms with Crippen LogP contribution in [-0.4, -0.2) is 33.3 Å². The molecule has 0 aliphatic heterocycles. The minimum Gasteiger partial charge on any atom is -0.287 e. The molecule has 0 atom stereocenters. The second-order valence-electron chi connectivity index (χ2n) is 5.77. The van der Waals surface area contributed by atoms with E-state index < -0.39 is 0 Å². The highest BCUT2D eigenvalue weighted by Crippen LogP contribution is 2.29. The quantitative estimate of drug-likeness (QED) is 0.858. The van der Waals surface area contributed by atoms with E-state index in [-0.39, 0.29) is 0 Å². The van der Waals surface area contributed by atoms with E-state index in [2.05, 4.69) is 53.2 Å². The lowest BCUT2D eigenvalue weighted by Gasteiger charge is -2.16. The lowest BCUT2D eigenvalue weighted by molar-refractivity contribution is 0.243. The van der Waals surface area contributed by atoms with Gasteiger partial charge in [-0.3, -0.25) is 10.00 Å². The molecule has 0 saturated heterocycles. The van der Waals surface area contributed by atoms with Crippen LogP contribution >= 0.6 is 12.2 Å². The predicted octanol–water partition coefficient (Wildman–Crippen LogP) is 3.22.